The van der Waals surface area contributed by atoms with Crippen LogP contribution in [0, 0.1) is 0 Å². The van der Waals surface area contributed by atoms with E-state index < -0.39 is 0 Å². The van der Waals surface area contributed by atoms with Gasteiger partial charge in [0.1, 0.15) is 0 Å². The molecule has 1 heterocycles. The maximum absolute atomic E-state index is 5.91. The Bertz CT molecular complexity index is 202. The van der Waals surface area contributed by atoms with Crippen molar-refractivity contribution in [1.29, 1.82) is 0 Å². The van der Waals surface area contributed by atoms with Crippen LogP contribution in [0.25, 0.3) is 0 Å². The Morgan fingerprint density at radius 3 is 2.65 bits per heavy atom. The van der Waals surface area contributed by atoms with E-state index in [4.69, 9.17) is 15.2 Å². The summed E-state index contributed by atoms with van der Waals surface area (Å²) in [6, 6.07) is 0.589. The highest BCUT2D eigenvalue weighted by Gasteiger charge is 2.26. The minimum Gasteiger partial charge on any atom is -0.383 e. The van der Waals surface area contributed by atoms with Crippen LogP contribution in [0.15, 0.2) is 0 Å². The van der Waals surface area contributed by atoms with E-state index in [1.807, 2.05) is 0 Å². The zero-order valence-electron chi connectivity index (χ0n) is 11.5. The molecule has 0 aliphatic carbocycles. The lowest BCUT2D eigenvalue weighted by atomic mass is 10.1. The average Bonchev–Trinajstić information content (AvgIpc) is 2.81. The van der Waals surface area contributed by atoms with Gasteiger partial charge in [-0.3, -0.25) is 4.90 Å². The van der Waals surface area contributed by atoms with Gasteiger partial charge in [-0.1, -0.05) is 6.92 Å². The van der Waals surface area contributed by atoms with E-state index in [9.17, 15) is 0 Å². The number of methoxy groups -OCH3 is 1. The maximum Gasteiger partial charge on any atom is 0.0707 e. The fraction of sp³-hybridized carbons (Fsp3) is 1.00. The van der Waals surface area contributed by atoms with Gasteiger partial charge in [0.25, 0.3) is 0 Å². The summed E-state index contributed by atoms with van der Waals surface area (Å²) in [6.45, 7) is 7.93. The molecule has 0 radical (unpaired) electrons. The summed E-state index contributed by atoms with van der Waals surface area (Å²) in [5.41, 5.74) is 5.63. The Hall–Kier alpha value is -0.160. The lowest BCUT2D eigenvalue weighted by Gasteiger charge is -2.30. The van der Waals surface area contributed by atoms with E-state index in [0.717, 1.165) is 39.0 Å². The zero-order valence-corrected chi connectivity index (χ0v) is 11.5. The molecular weight excluding hydrogens is 216 g/mol. The minimum absolute atomic E-state index is 0.279. The van der Waals surface area contributed by atoms with Crippen molar-refractivity contribution >= 4 is 0 Å². The second-order valence-electron chi connectivity index (χ2n) is 4.94. The molecule has 1 aliphatic heterocycles. The van der Waals surface area contributed by atoms with E-state index in [1.165, 1.54) is 0 Å². The number of nitrogens with two attached hydrogens (primary N) is 1. The third-order valence-electron chi connectivity index (χ3n) is 3.69. The van der Waals surface area contributed by atoms with Crippen LogP contribution in [0.4, 0.5) is 0 Å². The fourth-order valence-electron chi connectivity index (χ4n) is 2.31. The first-order valence-corrected chi connectivity index (χ1v) is 6.79. The first-order chi connectivity index (χ1) is 8.21. The maximum atomic E-state index is 5.91. The quantitative estimate of drug-likeness (QED) is 0.698. The summed E-state index contributed by atoms with van der Waals surface area (Å²) in [7, 11) is 1.76. The molecule has 0 amide bonds. The molecule has 0 aromatic rings. The molecule has 0 aromatic heterocycles. The summed E-state index contributed by atoms with van der Waals surface area (Å²) in [4.78, 5) is 2.47. The van der Waals surface area contributed by atoms with Gasteiger partial charge >= 0.3 is 0 Å². The monoisotopic (exact) mass is 244 g/mol. The van der Waals surface area contributed by atoms with Crippen molar-refractivity contribution in [2.75, 3.05) is 33.4 Å². The predicted molar refractivity (Wildman–Crippen MR) is 70.2 cm³/mol. The first-order valence-electron chi connectivity index (χ1n) is 6.79. The molecule has 0 aromatic carbocycles. The van der Waals surface area contributed by atoms with Gasteiger partial charge in [0.15, 0.2) is 0 Å². The Morgan fingerprint density at radius 2 is 2.12 bits per heavy atom. The molecule has 102 valence electrons. The number of hydrogen-bond acceptors (Lipinski definition) is 4. The SMILES string of the molecule is CCC(C)N(CCOC)CC1CCC(CN)O1. The van der Waals surface area contributed by atoms with Crippen LogP contribution in [0.2, 0.25) is 0 Å². The normalized spacial score (nSPS) is 26.6. The molecule has 3 atom stereocenters. The molecule has 0 saturated carbocycles. The third-order valence-corrected chi connectivity index (χ3v) is 3.69. The van der Waals surface area contributed by atoms with Crippen molar-refractivity contribution in [1.82, 2.24) is 4.90 Å². The largest absolute Gasteiger partial charge is 0.383 e. The molecular formula is C13H28N2O2. The van der Waals surface area contributed by atoms with Crippen LogP contribution < -0.4 is 5.73 Å². The Morgan fingerprint density at radius 1 is 1.41 bits per heavy atom. The van der Waals surface area contributed by atoms with Crippen molar-refractivity contribution in [3.63, 3.8) is 0 Å². The Labute approximate surface area is 105 Å². The van der Waals surface area contributed by atoms with E-state index in [2.05, 4.69) is 18.7 Å². The van der Waals surface area contributed by atoms with E-state index >= 15 is 0 Å². The average molecular weight is 244 g/mol. The molecule has 4 nitrogen and oxygen atoms in total. The number of hydrogen-bond donors (Lipinski definition) is 1. The summed E-state index contributed by atoms with van der Waals surface area (Å²) in [6.07, 6.45) is 4.05. The van der Waals surface area contributed by atoms with Crippen LogP contribution in [0.1, 0.15) is 33.1 Å². The molecule has 1 fully saturated rings. The molecule has 2 N–H and O–H groups in total. The highest BCUT2D eigenvalue weighted by molar-refractivity contribution is 4.78. The number of ether oxygens (including phenoxy) is 2. The molecule has 1 rings (SSSR count). The minimum atomic E-state index is 0.279. The van der Waals surface area contributed by atoms with Crippen molar-refractivity contribution < 1.29 is 9.47 Å². The van der Waals surface area contributed by atoms with Crippen LogP contribution in [-0.2, 0) is 9.47 Å². The van der Waals surface area contributed by atoms with E-state index in [0.29, 0.717) is 18.7 Å². The molecule has 3 unspecified atom stereocenters. The first kappa shape index (κ1) is 14.9. The van der Waals surface area contributed by atoms with Crippen LogP contribution >= 0.6 is 0 Å². The smallest absolute Gasteiger partial charge is 0.0707 e. The van der Waals surface area contributed by atoms with Crippen molar-refractivity contribution in [2.24, 2.45) is 5.73 Å². The van der Waals surface area contributed by atoms with E-state index in [-0.39, 0.29) is 6.10 Å². The molecule has 17 heavy (non-hydrogen) atoms. The molecule has 4 heteroatoms. The van der Waals surface area contributed by atoms with Gasteiger partial charge in [0.05, 0.1) is 18.8 Å². The topological polar surface area (TPSA) is 47.7 Å². The third kappa shape index (κ3) is 4.92. The summed E-state index contributed by atoms with van der Waals surface area (Å²) in [5.74, 6) is 0. The standard InChI is InChI=1S/C13H28N2O2/c1-4-11(2)15(7-8-16-3)10-13-6-5-12(9-14)17-13/h11-13H,4-10,14H2,1-3H3. The molecule has 1 saturated heterocycles. The predicted octanol–water partition coefficient (Wildman–Crippen LogP) is 1.24. The highest BCUT2D eigenvalue weighted by atomic mass is 16.5. The highest BCUT2D eigenvalue weighted by Crippen LogP contribution is 2.20. The Kier molecular flexibility index (Phi) is 7.04. The molecule has 0 bridgehead atoms. The van der Waals surface area contributed by atoms with Gasteiger partial charge < -0.3 is 15.2 Å². The molecule has 1 aliphatic rings. The summed E-state index contributed by atoms with van der Waals surface area (Å²) >= 11 is 0. The van der Waals surface area contributed by atoms with Gasteiger partial charge in [0.2, 0.25) is 0 Å². The second-order valence-corrected chi connectivity index (χ2v) is 4.94. The van der Waals surface area contributed by atoms with Gasteiger partial charge in [-0.05, 0) is 26.2 Å². The van der Waals surface area contributed by atoms with Crippen molar-refractivity contribution in [2.45, 2.75) is 51.4 Å². The van der Waals surface area contributed by atoms with Crippen LogP contribution in [0.3, 0.4) is 0 Å². The zero-order chi connectivity index (χ0) is 12.7. The number of rotatable bonds is 8. The van der Waals surface area contributed by atoms with Gasteiger partial charge in [0, 0.05) is 32.8 Å². The summed E-state index contributed by atoms with van der Waals surface area (Å²) < 4.78 is 11.1. The van der Waals surface area contributed by atoms with Crippen LogP contribution in [-0.4, -0.2) is 56.5 Å². The van der Waals surface area contributed by atoms with Gasteiger partial charge in [-0.15, -0.1) is 0 Å². The van der Waals surface area contributed by atoms with Gasteiger partial charge in [-0.25, -0.2) is 0 Å². The second kappa shape index (κ2) is 8.03. The number of nitrogens with zero attached hydrogens (tertiary/aromatic N) is 1. The fourth-order valence-corrected chi connectivity index (χ4v) is 2.31. The van der Waals surface area contributed by atoms with Crippen LogP contribution in [0.5, 0.6) is 0 Å². The molecule has 0 spiro atoms. The lowest BCUT2D eigenvalue weighted by molar-refractivity contribution is 0.0125. The Balaban J connectivity index is 2.37. The van der Waals surface area contributed by atoms with E-state index in [1.54, 1.807) is 7.11 Å². The summed E-state index contributed by atoms with van der Waals surface area (Å²) in [5, 5.41) is 0. The van der Waals surface area contributed by atoms with Gasteiger partial charge in [-0.2, -0.15) is 0 Å². The van der Waals surface area contributed by atoms with Crippen molar-refractivity contribution in [3.05, 3.63) is 0 Å². The van der Waals surface area contributed by atoms with Crippen molar-refractivity contribution in [3.8, 4) is 0 Å². The lowest BCUT2D eigenvalue weighted by Crippen LogP contribution is -2.41.